The van der Waals surface area contributed by atoms with Crippen LogP contribution in [0.15, 0.2) is 98.4 Å². The Kier molecular flexibility index (Phi) is 22.4. The van der Waals surface area contributed by atoms with Crippen molar-refractivity contribution in [2.24, 2.45) is 23.7 Å². The second-order valence-electron chi connectivity index (χ2n) is 24.6. The Morgan fingerprint density at radius 2 is 0.736 bits per heavy atom. The van der Waals surface area contributed by atoms with Crippen LogP contribution in [-0.2, 0) is 76.9 Å². The molecule has 0 unspecified atom stereocenters. The van der Waals surface area contributed by atoms with Crippen LogP contribution in [-0.4, -0.2) is 143 Å². The topological polar surface area (TPSA) is 263 Å². The molecule has 27 heteroatoms. The van der Waals surface area contributed by atoms with Gasteiger partial charge in [0.1, 0.15) is 23.0 Å². The van der Waals surface area contributed by atoms with E-state index in [1.54, 1.807) is 60.7 Å². The number of hydrogen-bond donors (Lipinski definition) is 0. The minimum absolute atomic E-state index is 0.0374. The van der Waals surface area contributed by atoms with Crippen molar-refractivity contribution in [2.75, 3.05) is 64.7 Å². The third-order valence-electron chi connectivity index (χ3n) is 15.8. The van der Waals surface area contributed by atoms with E-state index < -0.39 is 83.8 Å². The van der Waals surface area contributed by atoms with Gasteiger partial charge in [-0.05, 0) is 207 Å². The molecule has 0 N–H and O–H groups in total. The third kappa shape index (κ3) is 21.0. The third-order valence-corrected chi connectivity index (χ3v) is 20.2. The molecule has 4 saturated carbocycles. The number of ether oxygens (including phenoxy) is 4. The first-order valence-corrected chi connectivity index (χ1v) is 37.3. The normalized spacial score (nSPS) is 19.7. The average molecular weight is 1280 g/mol. The molecule has 7 aliphatic rings. The summed E-state index contributed by atoms with van der Waals surface area (Å²) in [4.78, 5) is 24.5. The SMILES string of the molecule is CC1(C)OB(c2cc(S(C)(=O)=O)ccc2OCC2CC2)OC1(C)C.CS(=O)(=O)c1ccc(OCC2CC2)c(B2OC(=O)CCCC(=O)O2)c1.CS(=O)(=O)c1ccc(OCC2CC2)c(B2OCCCCCO2)c1.CS(=O)(=O)c1ccc(OCC2CC2)cc1. The summed E-state index contributed by atoms with van der Waals surface area (Å²) in [7, 11) is -15.7. The fourth-order valence-electron chi connectivity index (χ4n) is 8.82. The molecule has 4 aliphatic carbocycles. The highest BCUT2D eigenvalue weighted by atomic mass is 32.2. The Hall–Kier alpha value is -5.15. The fraction of sp³-hybridized carbons (Fsp3) is 0.567. The van der Waals surface area contributed by atoms with Gasteiger partial charge in [-0.1, -0.05) is 0 Å². The number of hydrogen-bond acceptors (Lipinski definition) is 20. The van der Waals surface area contributed by atoms with E-state index in [0.29, 0.717) is 96.2 Å². The Balaban J connectivity index is 0.000000153. The van der Waals surface area contributed by atoms with E-state index >= 15 is 0 Å². The zero-order valence-electron chi connectivity index (χ0n) is 51.0. The average Bonchev–Trinajstić information content (AvgIpc) is 1.93. The largest absolute Gasteiger partial charge is 0.640 e. The van der Waals surface area contributed by atoms with Crippen molar-refractivity contribution in [1.82, 2.24) is 0 Å². The Bertz CT molecular complexity index is 3470. The Morgan fingerprint density at radius 3 is 1.08 bits per heavy atom. The van der Waals surface area contributed by atoms with Crippen molar-refractivity contribution >= 4 is 89.0 Å². The molecular formula is C60H81B3O20S4. The van der Waals surface area contributed by atoms with Crippen molar-refractivity contribution < 1.29 is 90.1 Å². The minimum atomic E-state index is -3.48. The summed E-state index contributed by atoms with van der Waals surface area (Å²) in [6, 6.07) is 20.7. The highest BCUT2D eigenvalue weighted by Crippen LogP contribution is 2.38. The van der Waals surface area contributed by atoms with Crippen LogP contribution >= 0.6 is 0 Å². The number of benzene rings is 4. The van der Waals surface area contributed by atoms with Crippen LogP contribution in [0.25, 0.3) is 0 Å². The Morgan fingerprint density at radius 1 is 0.414 bits per heavy atom. The van der Waals surface area contributed by atoms with Crippen LogP contribution in [0.1, 0.15) is 118 Å². The van der Waals surface area contributed by atoms with Gasteiger partial charge in [0.15, 0.2) is 39.3 Å². The van der Waals surface area contributed by atoms with Crippen LogP contribution in [0.4, 0.5) is 0 Å². The van der Waals surface area contributed by atoms with Crippen LogP contribution in [0.2, 0.25) is 0 Å². The lowest BCUT2D eigenvalue weighted by atomic mass is 9.77. The lowest BCUT2D eigenvalue weighted by Gasteiger charge is -2.32. The molecule has 0 amide bonds. The number of carbonyl (C=O) groups excluding carboxylic acids is 2. The zero-order chi connectivity index (χ0) is 63.0. The van der Waals surface area contributed by atoms with Crippen LogP contribution in [0, 0.1) is 23.7 Å². The van der Waals surface area contributed by atoms with Gasteiger partial charge in [0.25, 0.3) is 11.9 Å². The standard InChI is InChI=1S/C17H25BO5S.C16H19BO7S.C16H23BO5S.C11H14O3S/c1-16(2)17(3,4)23-18(22-16)14-10-13(24(5,19)20)8-9-15(14)21-11-12-6-7-12;1-25(20,21)12-7-8-14(22-10-11-5-6-11)13(9-12)17-23-15(18)3-2-4-16(19)24-17;1-23(18,19)14-7-8-16(20-12-13-5-6-13)15(11-14)17-21-9-3-2-4-10-22-17;1-15(12,13)11-6-4-10(5-7-11)14-8-9-2-3-9/h8-10,12H,6-7,11H2,1-5H3;7-9,11H,2-6,10H2,1H3;7-8,11,13H,2-6,9-10,12H2,1H3;4-7,9H,2-3,8H2,1H3. The van der Waals surface area contributed by atoms with Gasteiger partial charge in [-0.15, -0.1) is 0 Å². The molecule has 11 rings (SSSR count). The molecule has 4 aromatic carbocycles. The lowest BCUT2D eigenvalue weighted by Crippen LogP contribution is -2.42. The molecule has 0 spiro atoms. The van der Waals surface area contributed by atoms with Crippen molar-refractivity contribution in [3.63, 3.8) is 0 Å². The first kappa shape index (κ1) is 67.8. The molecule has 20 nitrogen and oxygen atoms in total. The quantitative estimate of drug-likeness (QED) is 0.0885. The molecule has 0 radical (unpaired) electrons. The van der Waals surface area contributed by atoms with Crippen LogP contribution in [0.3, 0.4) is 0 Å². The maximum atomic E-state index is 11.9. The molecule has 3 heterocycles. The summed E-state index contributed by atoms with van der Waals surface area (Å²) in [5.74, 6) is 3.79. The van der Waals surface area contributed by atoms with Crippen LogP contribution < -0.4 is 35.3 Å². The molecule has 87 heavy (non-hydrogen) atoms. The maximum Gasteiger partial charge on any atom is 0.640 e. The van der Waals surface area contributed by atoms with E-state index in [0.717, 1.165) is 50.7 Å². The molecule has 0 atom stereocenters. The van der Waals surface area contributed by atoms with Gasteiger partial charge >= 0.3 is 21.4 Å². The Labute approximate surface area is 514 Å². The predicted octanol–water partition coefficient (Wildman–Crippen LogP) is 6.69. The van der Waals surface area contributed by atoms with Gasteiger partial charge in [0.2, 0.25) is 0 Å². The smallest absolute Gasteiger partial charge is 0.495 e. The van der Waals surface area contributed by atoms with Gasteiger partial charge in [0.05, 0.1) is 62.7 Å². The zero-order valence-corrected chi connectivity index (χ0v) is 54.3. The van der Waals surface area contributed by atoms with Gasteiger partial charge < -0.3 is 46.9 Å². The summed E-state index contributed by atoms with van der Waals surface area (Å²) >= 11 is 0. The minimum Gasteiger partial charge on any atom is -0.495 e. The van der Waals surface area contributed by atoms with E-state index in [1.165, 1.54) is 75.5 Å². The molecule has 474 valence electrons. The molecule has 4 aromatic rings. The van der Waals surface area contributed by atoms with E-state index in [9.17, 15) is 43.3 Å². The molecule has 0 aromatic heterocycles. The number of sulfone groups is 4. The number of rotatable bonds is 19. The second-order valence-corrected chi connectivity index (χ2v) is 32.6. The van der Waals surface area contributed by atoms with Crippen molar-refractivity contribution in [3.8, 4) is 23.0 Å². The van der Waals surface area contributed by atoms with E-state index in [-0.39, 0.29) is 33.0 Å². The summed E-state index contributed by atoms with van der Waals surface area (Å²) in [6.07, 6.45) is 17.8. The summed E-state index contributed by atoms with van der Waals surface area (Å²) < 4.78 is 151. The first-order valence-electron chi connectivity index (χ1n) is 29.7. The lowest BCUT2D eigenvalue weighted by molar-refractivity contribution is -0.142. The predicted molar refractivity (Wildman–Crippen MR) is 329 cm³/mol. The van der Waals surface area contributed by atoms with Crippen molar-refractivity contribution in [2.45, 2.75) is 148 Å². The van der Waals surface area contributed by atoms with Gasteiger partial charge in [0, 0.05) is 62.0 Å². The van der Waals surface area contributed by atoms with Crippen LogP contribution in [0.5, 0.6) is 23.0 Å². The van der Waals surface area contributed by atoms with Gasteiger partial charge in [-0.2, -0.15) is 0 Å². The maximum absolute atomic E-state index is 11.9. The van der Waals surface area contributed by atoms with Crippen molar-refractivity contribution in [1.29, 1.82) is 0 Å². The van der Waals surface area contributed by atoms with Gasteiger partial charge in [-0.3, -0.25) is 9.59 Å². The first-order chi connectivity index (χ1) is 40.9. The van der Waals surface area contributed by atoms with Gasteiger partial charge in [-0.25, -0.2) is 33.7 Å². The molecule has 7 fully saturated rings. The molecular weight excluding hydrogens is 1200 g/mol. The monoisotopic (exact) mass is 1280 g/mol. The highest BCUT2D eigenvalue weighted by Gasteiger charge is 2.53. The summed E-state index contributed by atoms with van der Waals surface area (Å²) in [5.41, 5.74) is 0.554. The fourth-order valence-corrected chi connectivity index (χ4v) is 11.4. The molecule has 0 bridgehead atoms. The highest BCUT2D eigenvalue weighted by molar-refractivity contribution is 7.91. The molecule has 3 saturated heterocycles. The van der Waals surface area contributed by atoms with E-state index in [1.807, 2.05) is 27.7 Å². The summed E-state index contributed by atoms with van der Waals surface area (Å²) in [5, 5.41) is 0. The number of carbonyl (C=O) groups is 2. The molecule has 3 aliphatic heterocycles. The second kappa shape index (κ2) is 28.8. The van der Waals surface area contributed by atoms with E-state index in [2.05, 4.69) is 0 Å². The summed E-state index contributed by atoms with van der Waals surface area (Å²) in [6.45, 7) is 11.6. The van der Waals surface area contributed by atoms with Crippen molar-refractivity contribution in [3.05, 3.63) is 78.9 Å². The van der Waals surface area contributed by atoms with E-state index in [4.69, 9.17) is 46.9 Å².